The van der Waals surface area contributed by atoms with Crippen LogP contribution in [0.1, 0.15) is 12.5 Å². The zero-order valence-corrected chi connectivity index (χ0v) is 14.8. The van der Waals surface area contributed by atoms with Crippen molar-refractivity contribution in [2.75, 3.05) is 12.1 Å². The highest BCUT2D eigenvalue weighted by molar-refractivity contribution is 7.22. The SMILES string of the molecule is COc1ccc2nc(N(/N=C/c3ccc([N+](=O)[O-])cc3)C(C)=O)sc2c1. The molecule has 3 aromatic rings. The third kappa shape index (κ3) is 3.67. The van der Waals surface area contributed by atoms with Gasteiger partial charge in [-0.15, -0.1) is 0 Å². The molecule has 2 aromatic carbocycles. The number of thiazole rings is 1. The van der Waals surface area contributed by atoms with Gasteiger partial charge in [-0.25, -0.2) is 4.98 Å². The van der Waals surface area contributed by atoms with Gasteiger partial charge in [0.05, 0.1) is 28.5 Å². The summed E-state index contributed by atoms with van der Waals surface area (Å²) in [6.45, 7) is 1.39. The molecule has 3 rings (SSSR count). The Labute approximate surface area is 152 Å². The quantitative estimate of drug-likeness (QED) is 0.388. The number of anilines is 1. The number of nitrogens with zero attached hydrogens (tertiary/aromatic N) is 4. The minimum atomic E-state index is -0.474. The number of non-ortho nitro benzene ring substituents is 1. The van der Waals surface area contributed by atoms with Crippen molar-refractivity contribution in [3.8, 4) is 5.75 Å². The maximum atomic E-state index is 12.0. The summed E-state index contributed by atoms with van der Waals surface area (Å²) in [6, 6.07) is 11.3. The summed E-state index contributed by atoms with van der Waals surface area (Å²) in [5, 5.41) is 16.5. The van der Waals surface area contributed by atoms with Crippen LogP contribution in [0.15, 0.2) is 47.6 Å². The van der Waals surface area contributed by atoms with Crippen LogP contribution in [0.3, 0.4) is 0 Å². The molecule has 1 amide bonds. The van der Waals surface area contributed by atoms with E-state index in [1.165, 1.54) is 41.6 Å². The maximum Gasteiger partial charge on any atom is 0.269 e. The summed E-state index contributed by atoms with van der Waals surface area (Å²) in [5.74, 6) is 0.408. The zero-order valence-electron chi connectivity index (χ0n) is 13.9. The minimum absolute atomic E-state index is 0.00862. The van der Waals surface area contributed by atoms with E-state index in [4.69, 9.17) is 4.74 Å². The van der Waals surface area contributed by atoms with Gasteiger partial charge >= 0.3 is 0 Å². The smallest absolute Gasteiger partial charge is 0.269 e. The van der Waals surface area contributed by atoms with Crippen molar-refractivity contribution >= 4 is 44.5 Å². The number of carbonyl (C=O) groups excluding carboxylic acids is 1. The van der Waals surface area contributed by atoms with E-state index in [9.17, 15) is 14.9 Å². The molecule has 0 aliphatic carbocycles. The topological polar surface area (TPSA) is 97.9 Å². The zero-order chi connectivity index (χ0) is 18.7. The predicted molar refractivity (Wildman–Crippen MR) is 100 cm³/mol. The lowest BCUT2D eigenvalue weighted by Gasteiger charge is -2.10. The Morgan fingerprint density at radius 2 is 2.04 bits per heavy atom. The van der Waals surface area contributed by atoms with Crippen molar-refractivity contribution < 1.29 is 14.5 Å². The number of carbonyl (C=O) groups is 1. The fourth-order valence-corrected chi connectivity index (χ4v) is 3.18. The summed E-state index contributed by atoms with van der Waals surface area (Å²) in [4.78, 5) is 26.6. The summed E-state index contributed by atoms with van der Waals surface area (Å²) >= 11 is 1.32. The number of nitro groups is 1. The molecule has 0 bridgehead atoms. The van der Waals surface area contributed by atoms with Crippen molar-refractivity contribution in [3.05, 3.63) is 58.1 Å². The molecular formula is C17H14N4O4S. The first-order valence-corrected chi connectivity index (χ1v) is 8.33. The van der Waals surface area contributed by atoms with Crippen LogP contribution in [0.5, 0.6) is 5.75 Å². The predicted octanol–water partition coefficient (Wildman–Crippen LogP) is 3.60. The van der Waals surface area contributed by atoms with Crippen molar-refractivity contribution in [1.82, 2.24) is 4.98 Å². The lowest BCUT2D eigenvalue weighted by Crippen LogP contribution is -2.22. The lowest BCUT2D eigenvalue weighted by atomic mass is 10.2. The third-order valence-electron chi connectivity index (χ3n) is 3.49. The van der Waals surface area contributed by atoms with Crippen LogP contribution in [0.2, 0.25) is 0 Å². The summed E-state index contributed by atoms with van der Waals surface area (Å²) in [5.41, 5.74) is 1.36. The van der Waals surface area contributed by atoms with Crippen LogP contribution >= 0.6 is 11.3 Å². The van der Waals surface area contributed by atoms with Crippen LogP contribution in [0, 0.1) is 10.1 Å². The lowest BCUT2D eigenvalue weighted by molar-refractivity contribution is -0.384. The molecule has 8 nitrogen and oxygen atoms in total. The van der Waals surface area contributed by atoms with E-state index >= 15 is 0 Å². The van der Waals surface area contributed by atoms with E-state index in [1.807, 2.05) is 12.1 Å². The van der Waals surface area contributed by atoms with Crippen LogP contribution in [-0.2, 0) is 4.79 Å². The molecular weight excluding hydrogens is 356 g/mol. The number of ether oxygens (including phenoxy) is 1. The van der Waals surface area contributed by atoms with Gasteiger partial charge < -0.3 is 4.74 Å². The monoisotopic (exact) mass is 370 g/mol. The van der Waals surface area contributed by atoms with Crippen molar-refractivity contribution in [1.29, 1.82) is 0 Å². The van der Waals surface area contributed by atoms with E-state index in [-0.39, 0.29) is 11.6 Å². The second-order valence-electron chi connectivity index (χ2n) is 5.25. The molecule has 0 fully saturated rings. The average Bonchev–Trinajstić information content (AvgIpc) is 3.04. The van der Waals surface area contributed by atoms with Crippen LogP contribution in [-0.4, -0.2) is 29.1 Å². The van der Waals surface area contributed by atoms with E-state index in [2.05, 4.69) is 10.1 Å². The molecule has 26 heavy (non-hydrogen) atoms. The largest absolute Gasteiger partial charge is 0.497 e. The maximum absolute atomic E-state index is 12.0. The minimum Gasteiger partial charge on any atom is -0.497 e. The molecule has 0 radical (unpaired) electrons. The second-order valence-corrected chi connectivity index (χ2v) is 6.26. The number of benzene rings is 2. The molecule has 0 aliphatic heterocycles. The van der Waals surface area contributed by atoms with Gasteiger partial charge in [-0.1, -0.05) is 11.3 Å². The highest BCUT2D eigenvalue weighted by Crippen LogP contribution is 2.31. The normalized spacial score (nSPS) is 11.0. The summed E-state index contributed by atoms with van der Waals surface area (Å²) in [7, 11) is 1.58. The molecule has 9 heteroatoms. The molecule has 0 unspecified atom stereocenters. The summed E-state index contributed by atoms with van der Waals surface area (Å²) < 4.78 is 6.06. The Bertz CT molecular complexity index is 998. The number of hydrogen-bond acceptors (Lipinski definition) is 7. The van der Waals surface area contributed by atoms with Crippen LogP contribution < -0.4 is 9.75 Å². The van der Waals surface area contributed by atoms with Crippen LogP contribution in [0.25, 0.3) is 10.2 Å². The number of rotatable bonds is 5. The number of aromatic nitrogens is 1. The fourth-order valence-electron chi connectivity index (χ4n) is 2.18. The molecule has 1 aromatic heterocycles. The van der Waals surface area contributed by atoms with E-state index in [0.717, 1.165) is 10.2 Å². The summed E-state index contributed by atoms with van der Waals surface area (Å²) in [6.07, 6.45) is 1.46. The molecule has 1 heterocycles. The molecule has 0 spiro atoms. The Balaban J connectivity index is 1.89. The molecule has 0 saturated heterocycles. The van der Waals surface area contributed by atoms with Crippen molar-refractivity contribution in [2.45, 2.75) is 6.92 Å². The van der Waals surface area contributed by atoms with Gasteiger partial charge in [-0.3, -0.25) is 14.9 Å². The van der Waals surface area contributed by atoms with E-state index in [1.54, 1.807) is 25.3 Å². The number of nitro benzene ring substituents is 1. The number of hydrogen-bond donors (Lipinski definition) is 0. The van der Waals surface area contributed by atoms with Gasteiger partial charge in [0, 0.05) is 19.1 Å². The van der Waals surface area contributed by atoms with E-state index in [0.29, 0.717) is 16.4 Å². The molecule has 0 aliphatic rings. The van der Waals surface area contributed by atoms with Crippen molar-refractivity contribution in [2.24, 2.45) is 5.10 Å². The Kier molecular flexibility index (Phi) is 4.90. The van der Waals surface area contributed by atoms with Gasteiger partial charge in [0.1, 0.15) is 5.75 Å². The fraction of sp³-hybridized carbons (Fsp3) is 0.118. The standard InChI is InChI=1S/C17H14N4O4S/c1-11(22)20(18-10-12-3-5-13(6-4-12)21(23)24)17-19-15-8-7-14(25-2)9-16(15)26-17/h3-10H,1-2H3/b18-10+. The Hall–Kier alpha value is -3.33. The van der Waals surface area contributed by atoms with Gasteiger partial charge in [-0.05, 0) is 35.9 Å². The molecule has 0 atom stereocenters. The molecule has 0 N–H and O–H groups in total. The van der Waals surface area contributed by atoms with Gasteiger partial charge in [0.15, 0.2) is 0 Å². The first-order valence-electron chi connectivity index (χ1n) is 7.51. The average molecular weight is 370 g/mol. The van der Waals surface area contributed by atoms with Gasteiger partial charge in [0.25, 0.3) is 5.69 Å². The van der Waals surface area contributed by atoms with E-state index < -0.39 is 4.92 Å². The highest BCUT2D eigenvalue weighted by Gasteiger charge is 2.16. The van der Waals surface area contributed by atoms with Gasteiger partial charge in [0.2, 0.25) is 11.0 Å². The van der Waals surface area contributed by atoms with Crippen molar-refractivity contribution in [3.63, 3.8) is 0 Å². The molecule has 0 saturated carbocycles. The number of amides is 1. The Morgan fingerprint density at radius 3 is 2.65 bits per heavy atom. The first-order chi connectivity index (χ1) is 12.5. The number of hydrazone groups is 1. The van der Waals surface area contributed by atoms with Gasteiger partial charge in [-0.2, -0.15) is 10.1 Å². The van der Waals surface area contributed by atoms with Crippen LogP contribution in [0.4, 0.5) is 10.8 Å². The second kappa shape index (κ2) is 7.28. The first kappa shape index (κ1) is 17.5. The highest BCUT2D eigenvalue weighted by atomic mass is 32.1. The molecule has 132 valence electrons. The number of methoxy groups -OCH3 is 1. The third-order valence-corrected chi connectivity index (χ3v) is 4.48. The number of fused-ring (bicyclic) bond motifs is 1. The Morgan fingerprint density at radius 1 is 1.31 bits per heavy atom.